The van der Waals surface area contributed by atoms with Crippen LogP contribution < -0.4 is 5.32 Å². The molecule has 1 aromatic carbocycles. The number of rotatable bonds is 4. The summed E-state index contributed by atoms with van der Waals surface area (Å²) >= 11 is 9.09. The highest BCUT2D eigenvalue weighted by Gasteiger charge is 2.14. The van der Waals surface area contributed by atoms with Crippen molar-refractivity contribution in [1.29, 1.82) is 0 Å². The summed E-state index contributed by atoms with van der Waals surface area (Å²) in [6.07, 6.45) is 1.87. The second kappa shape index (κ2) is 6.62. The van der Waals surface area contributed by atoms with Gasteiger partial charge in [0.15, 0.2) is 0 Å². The van der Waals surface area contributed by atoms with Crippen molar-refractivity contribution >= 4 is 33.4 Å². The molecule has 0 radical (unpaired) electrons. The molecule has 1 heterocycles. The molecule has 6 heteroatoms. The number of nitrogens with one attached hydrogen (secondary N) is 1. The number of halogens is 3. The number of aromatic nitrogens is 1. The van der Waals surface area contributed by atoms with Crippen LogP contribution in [0.3, 0.4) is 0 Å². The lowest BCUT2D eigenvalue weighted by Crippen LogP contribution is -2.25. The smallest absolute Gasteiger partial charge is 0.268 e. The van der Waals surface area contributed by atoms with Crippen LogP contribution in [0.15, 0.2) is 34.9 Å². The first-order chi connectivity index (χ1) is 9.88. The number of carbonyl (C=O) groups is 1. The van der Waals surface area contributed by atoms with E-state index in [1.165, 1.54) is 12.1 Å². The number of benzene rings is 1. The van der Waals surface area contributed by atoms with E-state index in [1.54, 1.807) is 12.1 Å². The fourth-order valence-corrected chi connectivity index (χ4v) is 2.62. The fourth-order valence-electron chi connectivity index (χ4n) is 1.98. The van der Waals surface area contributed by atoms with Crippen molar-refractivity contribution in [1.82, 2.24) is 9.88 Å². The Bertz CT molecular complexity index is 670. The topological polar surface area (TPSA) is 34.0 Å². The van der Waals surface area contributed by atoms with Gasteiger partial charge in [-0.15, -0.1) is 0 Å². The lowest BCUT2D eigenvalue weighted by Gasteiger charge is -2.12. The van der Waals surface area contributed by atoms with Gasteiger partial charge in [-0.2, -0.15) is 0 Å². The van der Waals surface area contributed by atoms with Crippen LogP contribution in [0.25, 0.3) is 0 Å². The number of carbonyl (C=O) groups excluding carboxylic acids is 1. The van der Waals surface area contributed by atoms with Crippen LogP contribution in [-0.2, 0) is 6.54 Å². The normalized spacial score (nSPS) is 11.0. The molecule has 0 saturated heterocycles. The molecule has 2 rings (SSSR count). The molecular weight excluding hydrogens is 359 g/mol. The average Bonchev–Trinajstić information content (AvgIpc) is 2.82. The highest BCUT2D eigenvalue weighted by Crippen LogP contribution is 2.20. The average molecular weight is 374 g/mol. The number of amides is 1. The summed E-state index contributed by atoms with van der Waals surface area (Å²) in [5, 5.41) is 2.86. The second-order valence-corrected chi connectivity index (χ2v) is 6.30. The van der Waals surface area contributed by atoms with Gasteiger partial charge in [0.2, 0.25) is 0 Å². The van der Waals surface area contributed by atoms with Crippen LogP contribution in [-0.4, -0.2) is 10.5 Å². The monoisotopic (exact) mass is 372 g/mol. The summed E-state index contributed by atoms with van der Waals surface area (Å²) in [5.41, 5.74) is 1.32. The van der Waals surface area contributed by atoms with Crippen molar-refractivity contribution in [2.75, 3.05) is 0 Å². The maximum Gasteiger partial charge on any atom is 0.268 e. The molecular formula is C15H15BrClFN2O. The van der Waals surface area contributed by atoms with E-state index in [1.807, 2.05) is 24.6 Å². The second-order valence-electron chi connectivity index (χ2n) is 4.98. The zero-order valence-electron chi connectivity index (χ0n) is 11.7. The molecule has 1 aromatic heterocycles. The van der Waals surface area contributed by atoms with Crippen LogP contribution in [0, 0.1) is 5.82 Å². The Hall–Kier alpha value is -1.33. The predicted octanol–water partition coefficient (Wildman–Crippen LogP) is 4.55. The molecule has 0 aliphatic carbocycles. The van der Waals surface area contributed by atoms with Gasteiger partial charge in [-0.05, 0) is 53.5 Å². The Morgan fingerprint density at radius 2 is 2.14 bits per heavy atom. The highest BCUT2D eigenvalue weighted by molar-refractivity contribution is 9.10. The largest absolute Gasteiger partial charge is 0.347 e. The zero-order chi connectivity index (χ0) is 15.6. The molecule has 1 amide bonds. The summed E-state index contributed by atoms with van der Waals surface area (Å²) in [5.74, 6) is -0.654. The van der Waals surface area contributed by atoms with Crippen LogP contribution >= 0.6 is 27.5 Å². The van der Waals surface area contributed by atoms with Crippen LogP contribution in [0.5, 0.6) is 0 Å². The molecule has 3 nitrogen and oxygen atoms in total. The summed E-state index contributed by atoms with van der Waals surface area (Å²) < 4.78 is 15.8. The Labute approximate surface area is 136 Å². The SMILES string of the molecule is CC(C)n1cc(Br)cc1C(=O)NCc1ccc(F)c(Cl)c1. The van der Waals surface area contributed by atoms with Crippen LogP contribution in [0.1, 0.15) is 35.9 Å². The molecule has 21 heavy (non-hydrogen) atoms. The molecule has 0 saturated carbocycles. The lowest BCUT2D eigenvalue weighted by atomic mass is 10.2. The van der Waals surface area contributed by atoms with Gasteiger partial charge in [-0.1, -0.05) is 17.7 Å². The van der Waals surface area contributed by atoms with Crippen molar-refractivity contribution in [3.63, 3.8) is 0 Å². The Kier molecular flexibility index (Phi) is 5.06. The molecule has 0 bridgehead atoms. The molecule has 0 aliphatic heterocycles. The molecule has 1 N–H and O–H groups in total. The van der Waals surface area contributed by atoms with Gasteiger partial charge in [0.1, 0.15) is 11.5 Å². The predicted molar refractivity (Wildman–Crippen MR) is 85.1 cm³/mol. The minimum atomic E-state index is -0.468. The number of hydrogen-bond donors (Lipinski definition) is 1. The minimum Gasteiger partial charge on any atom is -0.347 e. The Morgan fingerprint density at radius 1 is 1.43 bits per heavy atom. The van der Waals surface area contributed by atoms with E-state index < -0.39 is 5.82 Å². The van der Waals surface area contributed by atoms with E-state index in [0.29, 0.717) is 12.2 Å². The van der Waals surface area contributed by atoms with E-state index in [2.05, 4.69) is 21.2 Å². The first kappa shape index (κ1) is 16.0. The van der Waals surface area contributed by atoms with Gasteiger partial charge in [-0.25, -0.2) is 4.39 Å². The van der Waals surface area contributed by atoms with Gasteiger partial charge in [-0.3, -0.25) is 4.79 Å². The molecule has 0 aliphatic rings. The van der Waals surface area contributed by atoms with E-state index >= 15 is 0 Å². The third kappa shape index (κ3) is 3.86. The van der Waals surface area contributed by atoms with Gasteiger partial charge >= 0.3 is 0 Å². The quantitative estimate of drug-likeness (QED) is 0.838. The summed E-state index contributed by atoms with van der Waals surface area (Å²) in [7, 11) is 0. The standard InChI is InChI=1S/C15H15BrClFN2O/c1-9(2)20-8-11(16)6-14(20)15(21)19-7-10-3-4-13(18)12(17)5-10/h3-6,8-9H,7H2,1-2H3,(H,19,21). The number of nitrogens with zero attached hydrogens (tertiary/aromatic N) is 1. The van der Waals surface area contributed by atoms with Crippen molar-refractivity contribution in [3.05, 3.63) is 57.0 Å². The van der Waals surface area contributed by atoms with E-state index in [4.69, 9.17) is 11.6 Å². The van der Waals surface area contributed by atoms with Crippen molar-refractivity contribution < 1.29 is 9.18 Å². The minimum absolute atomic E-state index is 0.0510. The first-order valence-electron chi connectivity index (χ1n) is 6.48. The highest BCUT2D eigenvalue weighted by atomic mass is 79.9. The maximum atomic E-state index is 13.1. The number of hydrogen-bond acceptors (Lipinski definition) is 1. The molecule has 0 unspecified atom stereocenters. The summed E-state index contributed by atoms with van der Waals surface area (Å²) in [6, 6.07) is 6.34. The van der Waals surface area contributed by atoms with Gasteiger partial charge < -0.3 is 9.88 Å². The first-order valence-corrected chi connectivity index (χ1v) is 7.65. The molecule has 2 aromatic rings. The third-order valence-electron chi connectivity index (χ3n) is 3.04. The Morgan fingerprint density at radius 3 is 2.76 bits per heavy atom. The van der Waals surface area contributed by atoms with Crippen molar-refractivity contribution in [2.45, 2.75) is 26.4 Å². The van der Waals surface area contributed by atoms with Crippen molar-refractivity contribution in [3.8, 4) is 0 Å². The molecule has 0 spiro atoms. The van der Waals surface area contributed by atoms with Crippen molar-refractivity contribution in [2.24, 2.45) is 0 Å². The molecule has 0 atom stereocenters. The fraction of sp³-hybridized carbons (Fsp3) is 0.267. The van der Waals surface area contributed by atoms with Gasteiger partial charge in [0.05, 0.1) is 5.02 Å². The molecule has 112 valence electrons. The lowest BCUT2D eigenvalue weighted by molar-refractivity contribution is 0.0940. The zero-order valence-corrected chi connectivity index (χ0v) is 14.0. The maximum absolute atomic E-state index is 13.1. The van der Waals surface area contributed by atoms with Crippen LogP contribution in [0.2, 0.25) is 5.02 Å². The van der Waals surface area contributed by atoms with E-state index in [0.717, 1.165) is 10.0 Å². The summed E-state index contributed by atoms with van der Waals surface area (Å²) in [6.45, 7) is 4.30. The summed E-state index contributed by atoms with van der Waals surface area (Å²) in [4.78, 5) is 12.2. The van der Waals surface area contributed by atoms with E-state index in [9.17, 15) is 9.18 Å². The van der Waals surface area contributed by atoms with Crippen LogP contribution in [0.4, 0.5) is 4.39 Å². The third-order valence-corrected chi connectivity index (χ3v) is 3.76. The van der Waals surface area contributed by atoms with Gasteiger partial charge in [0.25, 0.3) is 5.91 Å². The van der Waals surface area contributed by atoms with Gasteiger partial charge in [0, 0.05) is 23.3 Å². The molecule has 0 fully saturated rings. The Balaban J connectivity index is 2.10. The van der Waals surface area contributed by atoms with E-state index in [-0.39, 0.29) is 17.0 Å².